The number of rotatable bonds is 7. The number of methoxy groups -OCH3 is 1. The van der Waals surface area contributed by atoms with E-state index in [0.29, 0.717) is 6.54 Å². The van der Waals surface area contributed by atoms with Gasteiger partial charge >= 0.3 is 0 Å². The van der Waals surface area contributed by atoms with Crippen molar-refractivity contribution >= 4 is 11.8 Å². The first-order chi connectivity index (χ1) is 14.1. The Balaban J connectivity index is 1.63. The fraction of sp³-hybridized carbons (Fsp3) is 0.364. The molecule has 0 aliphatic carbocycles. The lowest BCUT2D eigenvalue weighted by atomic mass is 10.2. The van der Waals surface area contributed by atoms with E-state index < -0.39 is 0 Å². The van der Waals surface area contributed by atoms with Crippen LogP contribution in [0.25, 0.3) is 11.4 Å². The lowest BCUT2D eigenvalue weighted by Crippen LogP contribution is -2.16. The normalized spacial score (nSPS) is 17.4. The number of thioether (sulfide) groups is 1. The third-order valence-electron chi connectivity index (χ3n) is 5.10. The molecule has 5 nitrogen and oxygen atoms in total. The number of nitrogens with zero attached hydrogens (tertiary/aromatic N) is 3. The Morgan fingerprint density at radius 2 is 1.93 bits per heavy atom. The SMILES string of the molecule is COc1ccc(-c2nnc(SC(C)c3ccc(F)cc3)n2CC2CCCO2)cc1. The first kappa shape index (κ1) is 19.9. The number of ether oxygens (including phenoxy) is 2. The van der Waals surface area contributed by atoms with Crippen molar-refractivity contribution in [2.75, 3.05) is 13.7 Å². The zero-order valence-electron chi connectivity index (χ0n) is 16.5. The van der Waals surface area contributed by atoms with Crippen LogP contribution in [0.3, 0.4) is 0 Å². The summed E-state index contributed by atoms with van der Waals surface area (Å²) in [7, 11) is 1.65. The summed E-state index contributed by atoms with van der Waals surface area (Å²) >= 11 is 1.62. The summed E-state index contributed by atoms with van der Waals surface area (Å²) in [6.45, 7) is 3.61. The smallest absolute Gasteiger partial charge is 0.192 e. The van der Waals surface area contributed by atoms with Crippen LogP contribution in [0.2, 0.25) is 0 Å². The van der Waals surface area contributed by atoms with Gasteiger partial charge in [0.05, 0.1) is 19.8 Å². The van der Waals surface area contributed by atoms with Crippen LogP contribution in [-0.4, -0.2) is 34.6 Å². The molecule has 0 saturated carbocycles. The molecular formula is C22H24FN3O2S. The third kappa shape index (κ3) is 4.62. The maximum Gasteiger partial charge on any atom is 0.192 e. The first-order valence-electron chi connectivity index (χ1n) is 9.75. The molecule has 3 aromatic rings. The number of hydrogen-bond donors (Lipinski definition) is 0. The second-order valence-electron chi connectivity index (χ2n) is 7.09. The van der Waals surface area contributed by atoms with Gasteiger partial charge in [-0.1, -0.05) is 23.9 Å². The lowest BCUT2D eigenvalue weighted by molar-refractivity contribution is 0.0953. The molecule has 2 heterocycles. The van der Waals surface area contributed by atoms with Crippen LogP contribution >= 0.6 is 11.8 Å². The Morgan fingerprint density at radius 3 is 2.59 bits per heavy atom. The lowest BCUT2D eigenvalue weighted by Gasteiger charge is -2.17. The summed E-state index contributed by atoms with van der Waals surface area (Å²) in [4.78, 5) is 0. The van der Waals surface area contributed by atoms with Crippen molar-refractivity contribution < 1.29 is 13.9 Å². The molecule has 2 aromatic carbocycles. The van der Waals surface area contributed by atoms with Crippen molar-refractivity contribution in [1.29, 1.82) is 0 Å². The maximum atomic E-state index is 13.3. The quantitative estimate of drug-likeness (QED) is 0.503. The van der Waals surface area contributed by atoms with E-state index in [4.69, 9.17) is 9.47 Å². The fourth-order valence-corrected chi connectivity index (χ4v) is 4.43. The Kier molecular flexibility index (Phi) is 6.16. The first-order valence-corrected chi connectivity index (χ1v) is 10.6. The van der Waals surface area contributed by atoms with Gasteiger partial charge < -0.3 is 9.47 Å². The van der Waals surface area contributed by atoms with Gasteiger partial charge in [0.25, 0.3) is 0 Å². The molecule has 29 heavy (non-hydrogen) atoms. The molecule has 1 saturated heterocycles. The molecule has 2 unspecified atom stereocenters. The van der Waals surface area contributed by atoms with Gasteiger partial charge in [0.2, 0.25) is 0 Å². The highest BCUT2D eigenvalue weighted by Gasteiger charge is 2.23. The Bertz CT molecular complexity index is 938. The number of benzene rings is 2. The van der Waals surface area contributed by atoms with Crippen molar-refractivity contribution in [3.05, 3.63) is 59.9 Å². The van der Waals surface area contributed by atoms with E-state index in [1.807, 2.05) is 36.4 Å². The molecule has 0 bridgehead atoms. The van der Waals surface area contributed by atoms with Gasteiger partial charge in [-0.15, -0.1) is 10.2 Å². The van der Waals surface area contributed by atoms with Crippen LogP contribution in [0.5, 0.6) is 5.75 Å². The monoisotopic (exact) mass is 413 g/mol. The minimum Gasteiger partial charge on any atom is -0.497 e. The molecule has 1 aliphatic heterocycles. The molecule has 0 spiro atoms. The zero-order chi connectivity index (χ0) is 20.2. The highest BCUT2D eigenvalue weighted by Crippen LogP contribution is 2.36. The summed E-state index contributed by atoms with van der Waals surface area (Å²) in [6, 6.07) is 14.5. The predicted octanol–water partition coefficient (Wildman–Crippen LogP) is 5.13. The van der Waals surface area contributed by atoms with Gasteiger partial charge in [-0.05, 0) is 61.7 Å². The van der Waals surface area contributed by atoms with Crippen LogP contribution in [-0.2, 0) is 11.3 Å². The van der Waals surface area contributed by atoms with Gasteiger partial charge in [0.15, 0.2) is 11.0 Å². The van der Waals surface area contributed by atoms with E-state index in [1.54, 1.807) is 18.9 Å². The average molecular weight is 414 g/mol. The van der Waals surface area contributed by atoms with Crippen molar-refractivity contribution in [3.63, 3.8) is 0 Å². The van der Waals surface area contributed by atoms with Gasteiger partial charge in [0, 0.05) is 17.4 Å². The average Bonchev–Trinajstić information content (AvgIpc) is 3.39. The third-order valence-corrected chi connectivity index (χ3v) is 6.24. The van der Waals surface area contributed by atoms with Crippen molar-refractivity contribution in [2.24, 2.45) is 0 Å². The van der Waals surface area contributed by atoms with E-state index in [2.05, 4.69) is 21.7 Å². The predicted molar refractivity (Wildman–Crippen MR) is 112 cm³/mol. The molecule has 7 heteroatoms. The zero-order valence-corrected chi connectivity index (χ0v) is 17.4. The van der Waals surface area contributed by atoms with Crippen LogP contribution in [0.15, 0.2) is 53.7 Å². The Hall–Kier alpha value is -2.38. The molecule has 2 atom stereocenters. The molecule has 1 aromatic heterocycles. The summed E-state index contributed by atoms with van der Waals surface area (Å²) in [5.41, 5.74) is 2.03. The summed E-state index contributed by atoms with van der Waals surface area (Å²) in [5, 5.41) is 9.91. The van der Waals surface area contributed by atoms with Crippen LogP contribution in [0.4, 0.5) is 4.39 Å². The minimum absolute atomic E-state index is 0.117. The largest absolute Gasteiger partial charge is 0.497 e. The number of aromatic nitrogens is 3. The van der Waals surface area contributed by atoms with E-state index >= 15 is 0 Å². The Labute approximate surface area is 174 Å². The number of hydrogen-bond acceptors (Lipinski definition) is 5. The maximum absolute atomic E-state index is 13.3. The van der Waals surface area contributed by atoms with Crippen molar-refractivity contribution in [1.82, 2.24) is 14.8 Å². The van der Waals surface area contributed by atoms with Crippen molar-refractivity contribution in [2.45, 2.75) is 42.8 Å². The highest BCUT2D eigenvalue weighted by atomic mass is 32.2. The molecule has 1 aliphatic rings. The van der Waals surface area contributed by atoms with Gasteiger partial charge in [-0.2, -0.15) is 0 Å². The minimum atomic E-state index is -0.228. The number of halogens is 1. The molecule has 0 amide bonds. The van der Waals surface area contributed by atoms with Crippen molar-refractivity contribution in [3.8, 4) is 17.1 Å². The molecule has 0 N–H and O–H groups in total. The standard InChI is InChI=1S/C22H24FN3O2S/c1-15(16-5-9-18(23)10-6-16)29-22-25-24-21(17-7-11-19(27-2)12-8-17)26(22)14-20-4-3-13-28-20/h5-12,15,20H,3-4,13-14H2,1-2H3. The highest BCUT2D eigenvalue weighted by molar-refractivity contribution is 7.99. The second kappa shape index (κ2) is 8.97. The van der Waals surface area contributed by atoms with E-state index in [0.717, 1.165) is 47.3 Å². The van der Waals surface area contributed by atoms with Gasteiger partial charge in [-0.25, -0.2) is 4.39 Å². The van der Waals surface area contributed by atoms with Crippen LogP contribution in [0, 0.1) is 5.82 Å². The van der Waals surface area contributed by atoms with Crippen LogP contribution < -0.4 is 4.74 Å². The second-order valence-corrected chi connectivity index (χ2v) is 8.40. The van der Waals surface area contributed by atoms with Gasteiger partial charge in [-0.3, -0.25) is 4.57 Å². The van der Waals surface area contributed by atoms with Crippen LogP contribution in [0.1, 0.15) is 30.6 Å². The summed E-state index contributed by atoms with van der Waals surface area (Å²) in [5.74, 6) is 1.39. The van der Waals surface area contributed by atoms with E-state index in [-0.39, 0.29) is 17.2 Å². The molecular weight excluding hydrogens is 389 g/mol. The van der Waals surface area contributed by atoms with E-state index in [1.165, 1.54) is 12.1 Å². The van der Waals surface area contributed by atoms with Gasteiger partial charge in [0.1, 0.15) is 11.6 Å². The Morgan fingerprint density at radius 1 is 1.17 bits per heavy atom. The molecule has 4 rings (SSSR count). The topological polar surface area (TPSA) is 49.2 Å². The summed E-state index contributed by atoms with van der Waals surface area (Å²) < 4.78 is 26.5. The summed E-state index contributed by atoms with van der Waals surface area (Å²) in [6.07, 6.45) is 2.29. The molecule has 0 radical (unpaired) electrons. The van der Waals surface area contributed by atoms with E-state index in [9.17, 15) is 4.39 Å². The molecule has 1 fully saturated rings. The molecule has 152 valence electrons. The fourth-order valence-electron chi connectivity index (χ4n) is 3.45.